The van der Waals surface area contributed by atoms with Crippen molar-refractivity contribution in [3.05, 3.63) is 18.1 Å². The van der Waals surface area contributed by atoms with Crippen molar-refractivity contribution in [3.63, 3.8) is 0 Å². The summed E-state index contributed by atoms with van der Waals surface area (Å²) in [7, 11) is 3.53. The monoisotopic (exact) mass is 250 g/mol. The molecular weight excluding hydrogens is 232 g/mol. The number of amides is 1. The fourth-order valence-corrected chi connectivity index (χ4v) is 2.15. The van der Waals surface area contributed by atoms with Crippen LogP contribution in [0.2, 0.25) is 0 Å². The first-order valence-corrected chi connectivity index (χ1v) is 6.02. The number of carbonyl (C=O) groups excluding carboxylic acids is 1. The Morgan fingerprint density at radius 3 is 2.94 bits per heavy atom. The van der Waals surface area contributed by atoms with Crippen LogP contribution in [0.5, 0.6) is 0 Å². The van der Waals surface area contributed by atoms with Gasteiger partial charge in [-0.1, -0.05) is 0 Å². The van der Waals surface area contributed by atoms with E-state index in [0.717, 1.165) is 6.42 Å². The average molecular weight is 250 g/mol. The molecule has 0 aliphatic carbocycles. The van der Waals surface area contributed by atoms with Crippen molar-refractivity contribution in [1.82, 2.24) is 14.9 Å². The predicted octanol–water partition coefficient (Wildman–Crippen LogP) is 0.768. The molecule has 1 aliphatic heterocycles. The molecule has 18 heavy (non-hydrogen) atoms. The van der Waals surface area contributed by atoms with Crippen molar-refractivity contribution in [2.24, 2.45) is 0 Å². The lowest BCUT2D eigenvalue weighted by atomic mass is 10.1. The topological polar surface area (TPSA) is 67.4 Å². The molecule has 0 aromatic carbocycles. The largest absolute Gasteiger partial charge is 0.376 e. The van der Waals surface area contributed by atoms with Crippen LogP contribution < -0.4 is 5.32 Å². The number of aromatic nitrogens is 2. The Morgan fingerprint density at radius 1 is 1.56 bits per heavy atom. The maximum Gasteiger partial charge on any atom is 0.274 e. The Hall–Kier alpha value is -1.69. The van der Waals surface area contributed by atoms with Crippen LogP contribution in [0.15, 0.2) is 12.4 Å². The molecule has 1 N–H and O–H groups in total. The Bertz CT molecular complexity index is 438. The second-order valence-corrected chi connectivity index (χ2v) is 4.39. The fraction of sp³-hybridized carbons (Fsp3) is 0.583. The van der Waals surface area contributed by atoms with Crippen molar-refractivity contribution in [3.8, 4) is 0 Å². The highest BCUT2D eigenvalue weighted by Crippen LogP contribution is 2.19. The van der Waals surface area contributed by atoms with E-state index in [-0.39, 0.29) is 18.1 Å². The number of hydrogen-bond donors (Lipinski definition) is 1. The Morgan fingerprint density at radius 2 is 2.33 bits per heavy atom. The molecule has 1 saturated heterocycles. The van der Waals surface area contributed by atoms with Gasteiger partial charge in [-0.05, 0) is 13.3 Å². The molecule has 0 saturated carbocycles. The third-order valence-corrected chi connectivity index (χ3v) is 3.26. The summed E-state index contributed by atoms with van der Waals surface area (Å²) in [6, 6.07) is 0.109. The number of carbonyl (C=O) groups is 1. The molecule has 0 bridgehead atoms. The third kappa shape index (κ3) is 2.43. The molecule has 0 radical (unpaired) electrons. The second-order valence-electron chi connectivity index (χ2n) is 4.39. The van der Waals surface area contributed by atoms with Gasteiger partial charge in [-0.15, -0.1) is 0 Å². The molecule has 1 aliphatic rings. The van der Waals surface area contributed by atoms with Gasteiger partial charge >= 0.3 is 0 Å². The minimum atomic E-state index is -0.123. The number of hydrogen-bond acceptors (Lipinski definition) is 5. The van der Waals surface area contributed by atoms with Crippen LogP contribution in [0.25, 0.3) is 0 Å². The first kappa shape index (κ1) is 12.8. The zero-order valence-corrected chi connectivity index (χ0v) is 10.9. The van der Waals surface area contributed by atoms with Gasteiger partial charge in [0.05, 0.1) is 24.5 Å². The predicted molar refractivity (Wildman–Crippen MR) is 67.5 cm³/mol. The van der Waals surface area contributed by atoms with Gasteiger partial charge < -0.3 is 15.0 Å². The van der Waals surface area contributed by atoms with Gasteiger partial charge in [-0.3, -0.25) is 9.78 Å². The normalized spacial score (nSPS) is 22.8. The smallest absolute Gasteiger partial charge is 0.274 e. The summed E-state index contributed by atoms with van der Waals surface area (Å²) < 4.78 is 5.48. The lowest BCUT2D eigenvalue weighted by Gasteiger charge is -2.26. The maximum absolute atomic E-state index is 12.3. The summed E-state index contributed by atoms with van der Waals surface area (Å²) in [6.07, 6.45) is 4.00. The van der Waals surface area contributed by atoms with Gasteiger partial charge in [-0.2, -0.15) is 0 Å². The van der Waals surface area contributed by atoms with Crippen molar-refractivity contribution < 1.29 is 9.53 Å². The molecule has 0 spiro atoms. The van der Waals surface area contributed by atoms with E-state index in [2.05, 4.69) is 15.3 Å². The van der Waals surface area contributed by atoms with Gasteiger partial charge in [0, 0.05) is 20.7 Å². The van der Waals surface area contributed by atoms with Crippen LogP contribution in [-0.2, 0) is 4.74 Å². The average Bonchev–Trinajstić information content (AvgIpc) is 2.83. The zero-order valence-electron chi connectivity index (χ0n) is 10.9. The molecule has 1 fully saturated rings. The van der Waals surface area contributed by atoms with Crippen LogP contribution in [0.4, 0.5) is 5.82 Å². The van der Waals surface area contributed by atoms with Gasteiger partial charge in [0.1, 0.15) is 11.5 Å². The molecule has 98 valence electrons. The number of ether oxygens (including phenoxy) is 1. The van der Waals surface area contributed by atoms with E-state index in [1.54, 1.807) is 25.2 Å². The maximum atomic E-state index is 12.3. The lowest BCUT2D eigenvalue weighted by Crippen LogP contribution is -2.41. The van der Waals surface area contributed by atoms with E-state index in [0.29, 0.717) is 18.1 Å². The van der Waals surface area contributed by atoms with Crippen LogP contribution in [0.3, 0.4) is 0 Å². The Kier molecular flexibility index (Phi) is 3.76. The van der Waals surface area contributed by atoms with Crippen molar-refractivity contribution in [2.45, 2.75) is 25.5 Å². The van der Waals surface area contributed by atoms with Gasteiger partial charge in [0.15, 0.2) is 0 Å². The number of likely N-dealkylation sites (N-methyl/N-ethyl adjacent to an activating group) is 1. The molecule has 2 heterocycles. The first-order chi connectivity index (χ1) is 8.63. The SMILES string of the molecule is CNc1cncc(C(=O)N(C)C2CCOC2C)n1. The van der Waals surface area contributed by atoms with Gasteiger partial charge in [0.2, 0.25) is 0 Å². The molecule has 1 amide bonds. The Labute approximate surface area is 106 Å². The van der Waals surface area contributed by atoms with Gasteiger partial charge in [-0.25, -0.2) is 4.98 Å². The summed E-state index contributed by atoms with van der Waals surface area (Å²) in [6.45, 7) is 2.68. The highest BCUT2D eigenvalue weighted by molar-refractivity contribution is 5.92. The minimum absolute atomic E-state index is 0.0689. The summed E-state index contributed by atoms with van der Waals surface area (Å²) in [5, 5.41) is 2.87. The molecular formula is C12H18N4O2. The van der Waals surface area contributed by atoms with E-state index in [1.165, 1.54) is 6.20 Å². The number of nitrogens with zero attached hydrogens (tertiary/aromatic N) is 3. The van der Waals surface area contributed by atoms with E-state index >= 15 is 0 Å². The zero-order chi connectivity index (χ0) is 13.1. The number of anilines is 1. The quantitative estimate of drug-likeness (QED) is 0.858. The molecule has 2 atom stereocenters. The number of rotatable bonds is 3. The Balaban J connectivity index is 2.14. The van der Waals surface area contributed by atoms with Crippen LogP contribution in [0.1, 0.15) is 23.8 Å². The van der Waals surface area contributed by atoms with Crippen LogP contribution in [-0.4, -0.2) is 53.6 Å². The van der Waals surface area contributed by atoms with E-state index in [4.69, 9.17) is 4.74 Å². The summed E-state index contributed by atoms with van der Waals surface area (Å²) in [5.41, 5.74) is 0.350. The van der Waals surface area contributed by atoms with Crippen LogP contribution >= 0.6 is 0 Å². The van der Waals surface area contributed by atoms with E-state index in [1.807, 2.05) is 6.92 Å². The molecule has 1 aromatic rings. The van der Waals surface area contributed by atoms with E-state index < -0.39 is 0 Å². The molecule has 1 aromatic heterocycles. The molecule has 6 nitrogen and oxygen atoms in total. The van der Waals surface area contributed by atoms with Crippen LogP contribution in [0, 0.1) is 0 Å². The third-order valence-electron chi connectivity index (χ3n) is 3.26. The highest BCUT2D eigenvalue weighted by atomic mass is 16.5. The van der Waals surface area contributed by atoms with Crippen molar-refractivity contribution in [1.29, 1.82) is 0 Å². The molecule has 2 rings (SSSR count). The number of nitrogens with one attached hydrogen (secondary N) is 1. The first-order valence-electron chi connectivity index (χ1n) is 6.02. The summed E-state index contributed by atoms with van der Waals surface area (Å²) in [4.78, 5) is 22.2. The van der Waals surface area contributed by atoms with Crippen molar-refractivity contribution >= 4 is 11.7 Å². The minimum Gasteiger partial charge on any atom is -0.376 e. The van der Waals surface area contributed by atoms with Gasteiger partial charge in [0.25, 0.3) is 5.91 Å². The van der Waals surface area contributed by atoms with E-state index in [9.17, 15) is 4.79 Å². The standard InChI is InChI=1S/C12H18N4O2/c1-8-10(4-5-18-8)16(3)12(17)9-6-14-7-11(13-2)15-9/h6-8,10H,4-5H2,1-3H3,(H,13,15). The lowest BCUT2D eigenvalue weighted by molar-refractivity contribution is 0.0569. The second kappa shape index (κ2) is 5.30. The summed E-state index contributed by atoms with van der Waals surface area (Å²) in [5.74, 6) is 0.465. The fourth-order valence-electron chi connectivity index (χ4n) is 2.15. The molecule has 6 heteroatoms. The highest BCUT2D eigenvalue weighted by Gasteiger charge is 2.31. The summed E-state index contributed by atoms with van der Waals surface area (Å²) >= 11 is 0. The van der Waals surface area contributed by atoms with Crippen molar-refractivity contribution in [2.75, 3.05) is 26.0 Å². The molecule has 2 unspecified atom stereocenters.